The maximum Gasteiger partial charge on any atom is 0.234 e. The molecule has 0 saturated carbocycles. The fraction of sp³-hybridized carbons (Fsp3) is 0.667. The molecule has 1 N–H and O–H groups in total. The highest BCUT2D eigenvalue weighted by atomic mass is 32.1. The molecule has 0 aromatic heterocycles. The Kier molecular flexibility index (Phi) is 2.73. The van der Waals surface area contributed by atoms with Crippen LogP contribution in [0.2, 0.25) is 0 Å². The van der Waals surface area contributed by atoms with Gasteiger partial charge in [-0.3, -0.25) is 4.79 Å². The molecule has 4 unspecified atom stereocenters. The van der Waals surface area contributed by atoms with E-state index < -0.39 is 6.10 Å². The van der Waals surface area contributed by atoms with Crippen molar-refractivity contribution in [1.29, 1.82) is 0 Å². The summed E-state index contributed by atoms with van der Waals surface area (Å²) in [5, 5.41) is 9.33. The van der Waals surface area contributed by atoms with E-state index in [1.54, 1.807) is 11.8 Å². The van der Waals surface area contributed by atoms with Crippen molar-refractivity contribution >= 4 is 19.4 Å². The topological polar surface area (TPSA) is 40.5 Å². The first-order valence-electron chi connectivity index (χ1n) is 4.31. The highest BCUT2D eigenvalue weighted by Gasteiger charge is 2.52. The van der Waals surface area contributed by atoms with E-state index in [4.69, 9.17) is 0 Å². The number of rotatable bonds is 1. The summed E-state index contributed by atoms with van der Waals surface area (Å²) in [7, 11) is 0. The van der Waals surface area contributed by atoms with Gasteiger partial charge in [0, 0.05) is 6.20 Å². The minimum atomic E-state index is -0.513. The Morgan fingerprint density at radius 3 is 2.77 bits per heavy atom. The lowest BCUT2D eigenvalue weighted by atomic mass is 9.79. The van der Waals surface area contributed by atoms with Gasteiger partial charge in [0.1, 0.15) is 0 Å². The molecule has 3 nitrogen and oxygen atoms in total. The Balaban J connectivity index is 0.000000845. The van der Waals surface area contributed by atoms with Crippen LogP contribution in [-0.4, -0.2) is 28.1 Å². The lowest BCUT2D eigenvalue weighted by Gasteiger charge is -2.45. The van der Waals surface area contributed by atoms with E-state index in [1.165, 1.54) is 0 Å². The maximum absolute atomic E-state index is 11.3. The SMILES string of the molecule is CC(O)C1C(=O)N2C=CC(C)C12.S. The normalized spacial score (nSPS) is 37.9. The average Bonchev–Trinajstić information content (AvgIpc) is 2.27. The number of hydrogen-bond acceptors (Lipinski definition) is 2. The first-order valence-corrected chi connectivity index (χ1v) is 4.31. The van der Waals surface area contributed by atoms with Crippen LogP contribution in [0.5, 0.6) is 0 Å². The highest BCUT2D eigenvalue weighted by Crippen LogP contribution is 2.39. The van der Waals surface area contributed by atoms with Crippen molar-refractivity contribution in [3.05, 3.63) is 12.3 Å². The average molecular weight is 201 g/mol. The summed E-state index contributed by atoms with van der Waals surface area (Å²) in [4.78, 5) is 13.1. The van der Waals surface area contributed by atoms with Gasteiger partial charge in [-0.2, -0.15) is 13.5 Å². The van der Waals surface area contributed by atoms with Gasteiger partial charge in [-0.15, -0.1) is 0 Å². The molecule has 1 saturated heterocycles. The summed E-state index contributed by atoms with van der Waals surface area (Å²) in [5.74, 6) is 0.285. The van der Waals surface area contributed by atoms with Gasteiger partial charge in [-0.05, 0) is 12.8 Å². The molecular weight excluding hydrogens is 186 g/mol. The summed E-state index contributed by atoms with van der Waals surface area (Å²) in [6.07, 6.45) is 3.34. The molecule has 4 atom stereocenters. The van der Waals surface area contributed by atoms with Crippen molar-refractivity contribution in [3.63, 3.8) is 0 Å². The Morgan fingerprint density at radius 1 is 1.62 bits per heavy atom. The van der Waals surface area contributed by atoms with Crippen molar-refractivity contribution in [1.82, 2.24) is 4.90 Å². The van der Waals surface area contributed by atoms with E-state index in [1.807, 2.05) is 12.3 Å². The van der Waals surface area contributed by atoms with Crippen LogP contribution in [0, 0.1) is 11.8 Å². The molecule has 0 radical (unpaired) electrons. The molecule has 4 heteroatoms. The van der Waals surface area contributed by atoms with Crippen molar-refractivity contribution in [2.24, 2.45) is 11.8 Å². The second kappa shape index (κ2) is 3.35. The van der Waals surface area contributed by atoms with Crippen LogP contribution in [-0.2, 0) is 4.79 Å². The fourth-order valence-electron chi connectivity index (χ4n) is 2.14. The zero-order valence-electron chi connectivity index (χ0n) is 7.77. The number of carbonyl (C=O) groups excluding carboxylic acids is 1. The Bertz CT molecular complexity index is 252. The monoisotopic (exact) mass is 201 g/mol. The molecule has 2 heterocycles. The molecule has 0 bridgehead atoms. The summed E-state index contributed by atoms with van der Waals surface area (Å²) < 4.78 is 0. The molecule has 2 aliphatic rings. The molecular formula is C9H15NO2S. The van der Waals surface area contributed by atoms with E-state index in [0.717, 1.165) is 0 Å². The fourth-order valence-corrected chi connectivity index (χ4v) is 2.14. The van der Waals surface area contributed by atoms with Gasteiger partial charge in [-0.25, -0.2) is 0 Å². The lowest BCUT2D eigenvalue weighted by molar-refractivity contribution is -0.158. The quantitative estimate of drug-likeness (QED) is 0.627. The van der Waals surface area contributed by atoms with E-state index in [0.29, 0.717) is 5.92 Å². The van der Waals surface area contributed by atoms with Crippen LogP contribution in [0.15, 0.2) is 12.3 Å². The third kappa shape index (κ3) is 1.28. The second-order valence-electron chi connectivity index (χ2n) is 3.70. The first kappa shape index (κ1) is 10.6. The van der Waals surface area contributed by atoms with Gasteiger partial charge >= 0.3 is 0 Å². The molecule has 0 spiro atoms. The van der Waals surface area contributed by atoms with E-state index in [-0.39, 0.29) is 31.4 Å². The molecule has 0 aliphatic carbocycles. The zero-order valence-corrected chi connectivity index (χ0v) is 8.77. The molecule has 0 aromatic rings. The summed E-state index contributed by atoms with van der Waals surface area (Å²) in [5.41, 5.74) is 0. The number of aliphatic hydroxyl groups excluding tert-OH is 1. The van der Waals surface area contributed by atoms with E-state index in [2.05, 4.69) is 6.92 Å². The Hall–Kier alpha value is -0.480. The van der Waals surface area contributed by atoms with Crippen molar-refractivity contribution in [3.8, 4) is 0 Å². The number of amides is 1. The van der Waals surface area contributed by atoms with Gasteiger partial charge in [0.2, 0.25) is 5.91 Å². The van der Waals surface area contributed by atoms with Gasteiger partial charge < -0.3 is 10.0 Å². The summed E-state index contributed by atoms with van der Waals surface area (Å²) in [6, 6.07) is 0.220. The molecule has 1 fully saturated rings. The standard InChI is InChI=1S/C9H13NO2.H2S/c1-5-3-4-10-8(5)7(6(2)11)9(10)12;/h3-8,11H,1-2H3;1H2. The molecule has 0 aromatic carbocycles. The minimum absolute atomic E-state index is 0. The summed E-state index contributed by atoms with van der Waals surface area (Å²) >= 11 is 0. The molecule has 2 aliphatic heterocycles. The molecule has 1 amide bonds. The van der Waals surface area contributed by atoms with Gasteiger partial charge in [0.15, 0.2) is 0 Å². The Morgan fingerprint density at radius 2 is 2.23 bits per heavy atom. The number of β-lactam (4-membered cyclic amide) rings is 1. The number of nitrogens with zero attached hydrogens (tertiary/aromatic N) is 1. The van der Waals surface area contributed by atoms with E-state index >= 15 is 0 Å². The zero-order chi connectivity index (χ0) is 8.88. The minimum Gasteiger partial charge on any atom is -0.393 e. The number of fused-ring (bicyclic) bond motifs is 1. The highest BCUT2D eigenvalue weighted by molar-refractivity contribution is 7.59. The largest absolute Gasteiger partial charge is 0.393 e. The maximum atomic E-state index is 11.3. The second-order valence-corrected chi connectivity index (χ2v) is 3.70. The Labute approximate surface area is 84.9 Å². The molecule has 13 heavy (non-hydrogen) atoms. The van der Waals surface area contributed by atoms with Gasteiger partial charge in [0.05, 0.1) is 18.1 Å². The van der Waals surface area contributed by atoms with Crippen LogP contribution in [0.25, 0.3) is 0 Å². The predicted octanol–water partition coefficient (Wildman–Crippen LogP) is 0.470. The first-order chi connectivity index (χ1) is 5.63. The van der Waals surface area contributed by atoms with Crippen molar-refractivity contribution in [2.45, 2.75) is 26.0 Å². The smallest absolute Gasteiger partial charge is 0.234 e. The van der Waals surface area contributed by atoms with Crippen LogP contribution in [0.4, 0.5) is 0 Å². The van der Waals surface area contributed by atoms with Gasteiger partial charge in [0.25, 0.3) is 0 Å². The lowest BCUT2D eigenvalue weighted by Crippen LogP contribution is -2.61. The number of hydrogen-bond donors (Lipinski definition) is 1. The molecule has 2 rings (SSSR count). The van der Waals surface area contributed by atoms with Crippen LogP contribution in [0.1, 0.15) is 13.8 Å². The predicted molar refractivity (Wildman–Crippen MR) is 54.5 cm³/mol. The van der Waals surface area contributed by atoms with Crippen LogP contribution < -0.4 is 0 Å². The number of aliphatic hydroxyl groups is 1. The third-order valence-electron chi connectivity index (χ3n) is 2.84. The van der Waals surface area contributed by atoms with Crippen molar-refractivity contribution in [2.75, 3.05) is 0 Å². The third-order valence-corrected chi connectivity index (χ3v) is 2.84. The molecule has 74 valence electrons. The summed E-state index contributed by atoms with van der Waals surface area (Å²) in [6.45, 7) is 3.76. The van der Waals surface area contributed by atoms with Crippen LogP contribution >= 0.6 is 13.5 Å². The van der Waals surface area contributed by atoms with Crippen LogP contribution in [0.3, 0.4) is 0 Å². The van der Waals surface area contributed by atoms with E-state index in [9.17, 15) is 9.90 Å². The van der Waals surface area contributed by atoms with Gasteiger partial charge in [-0.1, -0.05) is 13.0 Å². The number of carbonyl (C=O) groups is 1. The van der Waals surface area contributed by atoms with Crippen molar-refractivity contribution < 1.29 is 9.90 Å².